The van der Waals surface area contributed by atoms with Crippen molar-refractivity contribution in [3.8, 4) is 11.5 Å². The molecule has 0 saturated carbocycles. The van der Waals surface area contributed by atoms with Crippen molar-refractivity contribution in [1.29, 1.82) is 0 Å². The zero-order valence-corrected chi connectivity index (χ0v) is 22.1. The van der Waals surface area contributed by atoms with E-state index < -0.39 is 11.9 Å². The maximum absolute atomic E-state index is 13.8. The number of carbonyl (C=O) groups is 2. The number of para-hydroxylation sites is 1. The molecule has 0 amide bonds. The van der Waals surface area contributed by atoms with E-state index in [2.05, 4.69) is 24.4 Å². The topological polar surface area (TPSA) is 73.9 Å². The Labute approximate surface area is 217 Å². The molecule has 7 heteroatoms. The molecule has 36 heavy (non-hydrogen) atoms. The summed E-state index contributed by atoms with van der Waals surface area (Å²) in [6, 6.07) is 15.7. The molecule has 190 valence electrons. The minimum Gasteiger partial charge on any atom is -0.493 e. The van der Waals surface area contributed by atoms with Crippen LogP contribution in [0.2, 0.25) is 0 Å². The van der Waals surface area contributed by atoms with Gasteiger partial charge in [0.15, 0.2) is 17.3 Å². The van der Waals surface area contributed by atoms with Crippen molar-refractivity contribution < 1.29 is 23.8 Å². The van der Waals surface area contributed by atoms with Crippen molar-refractivity contribution >= 4 is 23.5 Å². The Morgan fingerprint density at radius 3 is 2.53 bits per heavy atom. The minimum atomic E-state index is -0.609. The van der Waals surface area contributed by atoms with Gasteiger partial charge in [-0.1, -0.05) is 49.4 Å². The van der Waals surface area contributed by atoms with Gasteiger partial charge < -0.3 is 19.5 Å². The molecule has 1 heterocycles. The second-order valence-corrected chi connectivity index (χ2v) is 10.2. The number of hydrogen-bond donors (Lipinski definition) is 1. The Morgan fingerprint density at radius 2 is 1.83 bits per heavy atom. The third-order valence-corrected chi connectivity index (χ3v) is 7.59. The normalized spacial score (nSPS) is 19.5. The van der Waals surface area contributed by atoms with Crippen LogP contribution in [0.25, 0.3) is 0 Å². The van der Waals surface area contributed by atoms with Crippen LogP contribution in [0, 0.1) is 0 Å². The number of ether oxygens (including phenoxy) is 3. The van der Waals surface area contributed by atoms with E-state index >= 15 is 0 Å². The Bertz CT molecular complexity index is 1190. The number of dihydropyridines is 1. The first-order valence-electron chi connectivity index (χ1n) is 12.2. The number of benzene rings is 2. The Morgan fingerprint density at radius 1 is 1.06 bits per heavy atom. The molecular formula is C29H33NO5S. The smallest absolute Gasteiger partial charge is 0.336 e. The van der Waals surface area contributed by atoms with E-state index in [4.69, 9.17) is 14.2 Å². The summed E-state index contributed by atoms with van der Waals surface area (Å²) in [4.78, 5) is 27.2. The first-order chi connectivity index (χ1) is 17.5. The number of hydrogen-bond acceptors (Lipinski definition) is 7. The molecule has 2 atom stereocenters. The highest BCUT2D eigenvalue weighted by Gasteiger charge is 2.42. The van der Waals surface area contributed by atoms with Gasteiger partial charge in [-0.2, -0.15) is 11.8 Å². The summed E-state index contributed by atoms with van der Waals surface area (Å²) in [5.41, 5.74) is 4.44. The lowest BCUT2D eigenvalue weighted by Crippen LogP contribution is -2.36. The number of thioether (sulfide) groups is 1. The summed E-state index contributed by atoms with van der Waals surface area (Å²) in [5.74, 6) is 1.80. The molecule has 1 aliphatic heterocycles. The van der Waals surface area contributed by atoms with E-state index in [-0.39, 0.29) is 11.7 Å². The molecule has 0 saturated heterocycles. The van der Waals surface area contributed by atoms with Gasteiger partial charge in [-0.05, 0) is 36.6 Å². The van der Waals surface area contributed by atoms with E-state index in [0.29, 0.717) is 53.4 Å². The number of esters is 1. The molecule has 1 N–H and O–H groups in total. The molecule has 0 fully saturated rings. The lowest BCUT2D eigenvalue weighted by atomic mass is 9.71. The maximum atomic E-state index is 13.8. The summed E-state index contributed by atoms with van der Waals surface area (Å²) >= 11 is 1.71. The standard InChI is InChI=1S/C29H33NO5S/c1-5-36-15-14-35-29(32)25-18(2)30-22-16-20(19-10-7-6-8-11-19)17-23(31)27(22)26(25)21-12-9-13-24(33-3)28(21)34-4/h6-13,20,26,30H,5,14-17H2,1-4H3/t20-,26+/m1/s1. The zero-order chi connectivity index (χ0) is 25.7. The average molecular weight is 508 g/mol. The molecular weight excluding hydrogens is 474 g/mol. The summed E-state index contributed by atoms with van der Waals surface area (Å²) in [6.07, 6.45) is 1.06. The van der Waals surface area contributed by atoms with E-state index in [1.807, 2.05) is 43.3 Å². The average Bonchev–Trinajstić information content (AvgIpc) is 2.90. The van der Waals surface area contributed by atoms with Crippen molar-refractivity contribution in [2.45, 2.75) is 38.5 Å². The minimum absolute atomic E-state index is 0.0202. The highest BCUT2D eigenvalue weighted by Crippen LogP contribution is 2.49. The van der Waals surface area contributed by atoms with Gasteiger partial charge in [0.1, 0.15) is 6.61 Å². The second-order valence-electron chi connectivity index (χ2n) is 8.84. The van der Waals surface area contributed by atoms with E-state index in [0.717, 1.165) is 22.8 Å². The van der Waals surface area contributed by atoms with Crippen LogP contribution in [0.4, 0.5) is 0 Å². The SMILES string of the molecule is CCSCCOC(=O)C1=C(C)NC2=C(C(=O)C[C@H](c3ccccc3)C2)[C@H]1c1cccc(OC)c1OC. The Hall–Kier alpha value is -3.19. The lowest BCUT2D eigenvalue weighted by molar-refractivity contribution is -0.138. The third-order valence-electron chi connectivity index (χ3n) is 6.73. The van der Waals surface area contributed by atoms with Gasteiger partial charge in [0.2, 0.25) is 0 Å². The predicted octanol–water partition coefficient (Wildman–Crippen LogP) is 5.36. The highest BCUT2D eigenvalue weighted by molar-refractivity contribution is 7.99. The molecule has 2 aromatic rings. The van der Waals surface area contributed by atoms with Crippen molar-refractivity contribution in [2.24, 2.45) is 0 Å². The summed E-state index contributed by atoms with van der Waals surface area (Å²) in [7, 11) is 3.15. The monoisotopic (exact) mass is 507 g/mol. The number of Topliss-reactive ketones (excluding diaryl/α,β-unsaturated/α-hetero) is 1. The third kappa shape index (κ3) is 5.16. The van der Waals surface area contributed by atoms with Crippen LogP contribution in [0.1, 0.15) is 49.7 Å². The molecule has 0 bridgehead atoms. The van der Waals surface area contributed by atoms with Crippen LogP contribution in [0.15, 0.2) is 71.1 Å². The van der Waals surface area contributed by atoms with Gasteiger partial charge in [0.25, 0.3) is 0 Å². The highest BCUT2D eigenvalue weighted by atomic mass is 32.2. The van der Waals surface area contributed by atoms with Gasteiger partial charge in [0, 0.05) is 34.7 Å². The van der Waals surface area contributed by atoms with E-state index in [1.165, 1.54) is 0 Å². The fourth-order valence-electron chi connectivity index (χ4n) is 5.14. The van der Waals surface area contributed by atoms with Crippen molar-refractivity contribution in [1.82, 2.24) is 5.32 Å². The first kappa shape index (κ1) is 25.9. The Balaban J connectivity index is 1.80. The van der Waals surface area contributed by atoms with Crippen LogP contribution in [-0.4, -0.2) is 44.1 Å². The Kier molecular flexibility index (Phi) is 8.41. The summed E-state index contributed by atoms with van der Waals surface area (Å²) < 4.78 is 17.0. The quantitative estimate of drug-likeness (QED) is 0.362. The molecule has 0 radical (unpaired) electrons. The number of carbonyl (C=O) groups excluding carboxylic acids is 2. The number of methoxy groups -OCH3 is 2. The van der Waals surface area contributed by atoms with Crippen LogP contribution in [0.5, 0.6) is 11.5 Å². The number of allylic oxidation sites excluding steroid dienone is 3. The van der Waals surface area contributed by atoms with Gasteiger partial charge in [-0.25, -0.2) is 4.79 Å². The molecule has 2 aliphatic rings. The fourth-order valence-corrected chi connectivity index (χ4v) is 5.63. The van der Waals surface area contributed by atoms with E-state index in [1.54, 1.807) is 26.0 Å². The van der Waals surface area contributed by atoms with Gasteiger partial charge in [-0.3, -0.25) is 4.79 Å². The van der Waals surface area contributed by atoms with Gasteiger partial charge in [-0.15, -0.1) is 0 Å². The van der Waals surface area contributed by atoms with Crippen LogP contribution in [-0.2, 0) is 14.3 Å². The zero-order valence-electron chi connectivity index (χ0n) is 21.3. The van der Waals surface area contributed by atoms with Crippen LogP contribution in [0.3, 0.4) is 0 Å². The van der Waals surface area contributed by atoms with E-state index in [9.17, 15) is 9.59 Å². The molecule has 6 nitrogen and oxygen atoms in total. The number of nitrogens with one attached hydrogen (secondary N) is 1. The fraction of sp³-hybridized carbons (Fsp3) is 0.379. The number of ketones is 1. The molecule has 0 spiro atoms. The molecule has 2 aromatic carbocycles. The predicted molar refractivity (Wildman–Crippen MR) is 143 cm³/mol. The van der Waals surface area contributed by atoms with Gasteiger partial charge in [0.05, 0.1) is 25.7 Å². The van der Waals surface area contributed by atoms with Crippen LogP contribution < -0.4 is 14.8 Å². The molecule has 1 aliphatic carbocycles. The maximum Gasteiger partial charge on any atom is 0.336 e. The van der Waals surface area contributed by atoms with Crippen molar-refractivity contribution in [3.05, 3.63) is 82.2 Å². The molecule has 4 rings (SSSR count). The largest absolute Gasteiger partial charge is 0.493 e. The van der Waals surface area contributed by atoms with Crippen LogP contribution >= 0.6 is 11.8 Å². The van der Waals surface area contributed by atoms with Gasteiger partial charge >= 0.3 is 5.97 Å². The summed E-state index contributed by atoms with van der Waals surface area (Å²) in [6.45, 7) is 4.25. The van der Waals surface area contributed by atoms with Crippen molar-refractivity contribution in [3.63, 3.8) is 0 Å². The number of rotatable bonds is 9. The lowest BCUT2D eigenvalue weighted by Gasteiger charge is -2.37. The first-order valence-corrected chi connectivity index (χ1v) is 13.4. The van der Waals surface area contributed by atoms with Crippen molar-refractivity contribution in [2.75, 3.05) is 32.3 Å². The molecule has 0 unspecified atom stereocenters. The summed E-state index contributed by atoms with van der Waals surface area (Å²) in [5, 5.41) is 3.41. The second kappa shape index (κ2) is 11.7. The molecule has 0 aromatic heterocycles.